The van der Waals surface area contributed by atoms with Crippen LogP contribution in [0.4, 0.5) is 5.82 Å². The Morgan fingerprint density at radius 3 is 2.94 bits per heavy atom. The Kier molecular flexibility index (Phi) is 3.35. The second-order valence-electron chi connectivity index (χ2n) is 4.65. The fourth-order valence-corrected chi connectivity index (χ4v) is 2.33. The molecule has 16 heavy (non-hydrogen) atoms. The lowest BCUT2D eigenvalue weighted by Crippen LogP contribution is -2.57. The summed E-state index contributed by atoms with van der Waals surface area (Å²) in [7, 11) is 0. The van der Waals surface area contributed by atoms with Gasteiger partial charge in [-0.3, -0.25) is 0 Å². The molecule has 0 bridgehead atoms. The minimum atomic E-state index is 0.155. The Bertz CT molecular complexity index is 367. The van der Waals surface area contributed by atoms with Crippen molar-refractivity contribution in [3.05, 3.63) is 12.4 Å². The molecule has 0 aromatic carbocycles. The Labute approximate surface area is 101 Å². The molecule has 1 aliphatic rings. The van der Waals surface area contributed by atoms with Crippen molar-refractivity contribution in [1.29, 1.82) is 0 Å². The average Bonchev–Trinajstić information content (AvgIpc) is 2.28. The summed E-state index contributed by atoms with van der Waals surface area (Å²) in [6, 6.07) is 2.06. The maximum absolute atomic E-state index is 4.35. The number of hydrogen-bond donors (Lipinski definition) is 1. The third-order valence-electron chi connectivity index (χ3n) is 2.73. The van der Waals surface area contributed by atoms with Gasteiger partial charge in [0, 0.05) is 31.2 Å². The predicted molar refractivity (Wildman–Crippen MR) is 68.1 cm³/mol. The maximum Gasteiger partial charge on any atom is 0.133 e. The Morgan fingerprint density at radius 1 is 1.44 bits per heavy atom. The number of rotatable bonds is 2. The van der Waals surface area contributed by atoms with Crippen molar-refractivity contribution in [1.82, 2.24) is 15.3 Å². The highest BCUT2D eigenvalue weighted by atomic mass is 32.2. The van der Waals surface area contributed by atoms with E-state index in [4.69, 9.17) is 0 Å². The fourth-order valence-electron chi connectivity index (χ4n) is 1.95. The minimum absolute atomic E-state index is 0.155. The summed E-state index contributed by atoms with van der Waals surface area (Å²) in [5.74, 6) is 1.04. The molecule has 0 aliphatic carbocycles. The summed E-state index contributed by atoms with van der Waals surface area (Å²) < 4.78 is 0. The number of hydrogen-bond acceptors (Lipinski definition) is 5. The quantitative estimate of drug-likeness (QED) is 0.623. The van der Waals surface area contributed by atoms with Gasteiger partial charge in [-0.2, -0.15) is 0 Å². The van der Waals surface area contributed by atoms with Gasteiger partial charge in [0.2, 0.25) is 0 Å². The van der Waals surface area contributed by atoms with Gasteiger partial charge in [0.05, 0.1) is 0 Å². The Hall–Kier alpha value is -0.810. The molecule has 0 atom stereocenters. The van der Waals surface area contributed by atoms with Gasteiger partial charge < -0.3 is 10.2 Å². The molecule has 1 aromatic rings. The first-order chi connectivity index (χ1) is 7.61. The number of aromatic nitrogens is 2. The first-order valence-electron chi connectivity index (χ1n) is 5.47. The van der Waals surface area contributed by atoms with E-state index in [1.807, 2.05) is 6.26 Å². The molecule has 0 amide bonds. The molecule has 1 aliphatic heterocycles. The van der Waals surface area contributed by atoms with Crippen molar-refractivity contribution >= 4 is 17.6 Å². The van der Waals surface area contributed by atoms with Crippen molar-refractivity contribution in [2.45, 2.75) is 24.4 Å². The SMILES string of the molecule is CSc1cc(N2CCNC(C)(C)C2)ncn1. The number of piperazine rings is 1. The van der Waals surface area contributed by atoms with Gasteiger partial charge >= 0.3 is 0 Å². The zero-order valence-corrected chi connectivity index (χ0v) is 10.8. The van der Waals surface area contributed by atoms with Gasteiger partial charge in [-0.15, -0.1) is 11.8 Å². The smallest absolute Gasteiger partial charge is 0.133 e. The van der Waals surface area contributed by atoms with E-state index in [1.54, 1.807) is 18.1 Å². The predicted octanol–water partition coefficient (Wildman–Crippen LogP) is 1.39. The molecule has 4 nitrogen and oxygen atoms in total. The van der Waals surface area contributed by atoms with Crippen LogP contribution in [0, 0.1) is 0 Å². The van der Waals surface area contributed by atoms with Crippen LogP contribution in [-0.4, -0.2) is 41.4 Å². The van der Waals surface area contributed by atoms with Gasteiger partial charge in [-0.1, -0.05) is 0 Å². The average molecular weight is 238 g/mol. The van der Waals surface area contributed by atoms with E-state index in [-0.39, 0.29) is 5.54 Å². The minimum Gasteiger partial charge on any atom is -0.353 e. The van der Waals surface area contributed by atoms with Crippen molar-refractivity contribution in [3.8, 4) is 0 Å². The van der Waals surface area contributed by atoms with Crippen LogP contribution in [0.1, 0.15) is 13.8 Å². The monoisotopic (exact) mass is 238 g/mol. The molecule has 0 saturated carbocycles. The Morgan fingerprint density at radius 2 is 2.25 bits per heavy atom. The molecule has 88 valence electrons. The third-order valence-corrected chi connectivity index (χ3v) is 3.37. The van der Waals surface area contributed by atoms with Crippen LogP contribution in [0.3, 0.4) is 0 Å². The highest BCUT2D eigenvalue weighted by Gasteiger charge is 2.26. The molecule has 1 N–H and O–H groups in total. The molecule has 2 rings (SSSR count). The first kappa shape index (κ1) is 11.7. The largest absolute Gasteiger partial charge is 0.353 e. The van der Waals surface area contributed by atoms with Crippen LogP contribution < -0.4 is 10.2 Å². The van der Waals surface area contributed by atoms with E-state index >= 15 is 0 Å². The lowest BCUT2D eigenvalue weighted by Gasteiger charge is -2.39. The second-order valence-corrected chi connectivity index (χ2v) is 5.48. The van der Waals surface area contributed by atoms with E-state index in [0.29, 0.717) is 0 Å². The molecule has 2 heterocycles. The molecule has 0 spiro atoms. The number of nitrogens with one attached hydrogen (secondary N) is 1. The number of thioether (sulfide) groups is 1. The normalized spacial score (nSPS) is 19.8. The van der Waals surface area contributed by atoms with Crippen molar-refractivity contribution in [2.75, 3.05) is 30.8 Å². The highest BCUT2D eigenvalue weighted by Crippen LogP contribution is 2.20. The van der Waals surface area contributed by atoms with Gasteiger partial charge in [0.25, 0.3) is 0 Å². The van der Waals surface area contributed by atoms with Crippen LogP contribution in [0.5, 0.6) is 0 Å². The van der Waals surface area contributed by atoms with E-state index in [0.717, 1.165) is 30.5 Å². The summed E-state index contributed by atoms with van der Waals surface area (Å²) in [5.41, 5.74) is 0.155. The zero-order valence-electron chi connectivity index (χ0n) is 10.0. The van der Waals surface area contributed by atoms with Crippen molar-refractivity contribution in [3.63, 3.8) is 0 Å². The molecule has 0 radical (unpaired) electrons. The second kappa shape index (κ2) is 4.59. The summed E-state index contributed by atoms with van der Waals surface area (Å²) in [4.78, 5) is 10.9. The van der Waals surface area contributed by atoms with Gasteiger partial charge in [-0.25, -0.2) is 9.97 Å². The first-order valence-corrected chi connectivity index (χ1v) is 6.69. The van der Waals surface area contributed by atoms with Crippen LogP contribution in [0.2, 0.25) is 0 Å². The van der Waals surface area contributed by atoms with E-state index in [9.17, 15) is 0 Å². The molecule has 1 saturated heterocycles. The van der Waals surface area contributed by atoms with E-state index in [1.165, 1.54) is 0 Å². The Balaban J connectivity index is 2.16. The van der Waals surface area contributed by atoms with Gasteiger partial charge in [0.15, 0.2) is 0 Å². The van der Waals surface area contributed by atoms with Crippen LogP contribution in [-0.2, 0) is 0 Å². The summed E-state index contributed by atoms with van der Waals surface area (Å²) in [6.07, 6.45) is 3.68. The summed E-state index contributed by atoms with van der Waals surface area (Å²) >= 11 is 1.65. The van der Waals surface area contributed by atoms with Gasteiger partial charge in [0.1, 0.15) is 17.2 Å². The molecule has 1 aromatic heterocycles. The van der Waals surface area contributed by atoms with E-state index < -0.39 is 0 Å². The third kappa shape index (κ3) is 2.65. The number of anilines is 1. The van der Waals surface area contributed by atoms with Gasteiger partial charge in [-0.05, 0) is 20.1 Å². The van der Waals surface area contributed by atoms with Crippen molar-refractivity contribution in [2.24, 2.45) is 0 Å². The lowest BCUT2D eigenvalue weighted by atomic mass is 10.0. The van der Waals surface area contributed by atoms with Crippen LogP contribution in [0.15, 0.2) is 17.4 Å². The topological polar surface area (TPSA) is 41.0 Å². The van der Waals surface area contributed by atoms with Crippen LogP contribution >= 0.6 is 11.8 Å². The number of nitrogens with zero attached hydrogens (tertiary/aromatic N) is 3. The molecule has 5 heteroatoms. The fraction of sp³-hybridized carbons (Fsp3) is 0.636. The molecule has 0 unspecified atom stereocenters. The highest BCUT2D eigenvalue weighted by molar-refractivity contribution is 7.98. The standard InChI is InChI=1S/C11H18N4S/c1-11(2)7-15(5-4-14-11)9-6-10(16-3)13-8-12-9/h6,8,14H,4-5,7H2,1-3H3. The lowest BCUT2D eigenvalue weighted by molar-refractivity contribution is 0.351. The summed E-state index contributed by atoms with van der Waals surface area (Å²) in [5, 5.41) is 4.53. The summed E-state index contributed by atoms with van der Waals surface area (Å²) in [6.45, 7) is 7.43. The van der Waals surface area contributed by atoms with Crippen LogP contribution in [0.25, 0.3) is 0 Å². The van der Waals surface area contributed by atoms with Crippen molar-refractivity contribution < 1.29 is 0 Å². The zero-order chi connectivity index (χ0) is 11.6. The maximum atomic E-state index is 4.35. The molecular weight excluding hydrogens is 220 g/mol. The molecule has 1 fully saturated rings. The van der Waals surface area contributed by atoms with E-state index in [2.05, 4.69) is 40.1 Å². The molecular formula is C11H18N4S.